The van der Waals surface area contributed by atoms with Crippen molar-refractivity contribution in [1.82, 2.24) is 0 Å². The van der Waals surface area contributed by atoms with Crippen molar-refractivity contribution < 1.29 is 9.53 Å². The third-order valence-electron chi connectivity index (χ3n) is 3.36. The first-order valence-electron chi connectivity index (χ1n) is 5.96. The highest BCUT2D eigenvalue weighted by atomic mass is 16.5. The molecule has 2 heteroatoms. The van der Waals surface area contributed by atoms with Gasteiger partial charge in [-0.1, -0.05) is 43.2 Å². The third-order valence-corrected chi connectivity index (χ3v) is 3.36. The smallest absolute Gasteiger partial charge is 0.122 e. The first kappa shape index (κ1) is 11.3. The summed E-state index contributed by atoms with van der Waals surface area (Å²) < 4.78 is 5.99. The summed E-state index contributed by atoms with van der Waals surface area (Å²) in [7, 11) is 0. The van der Waals surface area contributed by atoms with Crippen LogP contribution in [0, 0.1) is 0 Å². The van der Waals surface area contributed by atoms with Crippen molar-refractivity contribution in [3.8, 4) is 0 Å². The summed E-state index contributed by atoms with van der Waals surface area (Å²) in [6.45, 7) is 0.620. The molecule has 1 saturated carbocycles. The van der Waals surface area contributed by atoms with Gasteiger partial charge < -0.3 is 9.53 Å². The van der Waals surface area contributed by atoms with Crippen LogP contribution >= 0.6 is 0 Å². The Bertz CT molecular complexity index is 326. The van der Waals surface area contributed by atoms with Gasteiger partial charge in [-0.2, -0.15) is 0 Å². The SMILES string of the molecule is O=CCC1(OCc2ccccc2)CCCC1. The first-order valence-corrected chi connectivity index (χ1v) is 5.96. The van der Waals surface area contributed by atoms with Gasteiger partial charge in [0.2, 0.25) is 0 Å². The van der Waals surface area contributed by atoms with E-state index in [2.05, 4.69) is 12.1 Å². The maximum atomic E-state index is 10.7. The minimum atomic E-state index is -0.169. The lowest BCUT2D eigenvalue weighted by atomic mass is 9.98. The van der Waals surface area contributed by atoms with Crippen LogP contribution in [0.5, 0.6) is 0 Å². The lowest BCUT2D eigenvalue weighted by molar-refractivity contribution is -0.117. The Hall–Kier alpha value is -1.15. The molecule has 1 fully saturated rings. The quantitative estimate of drug-likeness (QED) is 0.710. The Balaban J connectivity index is 1.94. The van der Waals surface area contributed by atoms with Gasteiger partial charge in [-0.05, 0) is 18.4 Å². The number of rotatable bonds is 5. The lowest BCUT2D eigenvalue weighted by Crippen LogP contribution is -2.29. The Labute approximate surface area is 96.6 Å². The fraction of sp³-hybridized carbons (Fsp3) is 0.500. The van der Waals surface area contributed by atoms with E-state index in [1.165, 1.54) is 18.4 Å². The van der Waals surface area contributed by atoms with Crippen molar-refractivity contribution >= 4 is 6.29 Å². The van der Waals surface area contributed by atoms with Crippen molar-refractivity contribution in [2.45, 2.75) is 44.3 Å². The van der Waals surface area contributed by atoms with E-state index in [1.807, 2.05) is 18.2 Å². The molecule has 86 valence electrons. The van der Waals surface area contributed by atoms with Crippen LogP contribution in [0.1, 0.15) is 37.7 Å². The van der Waals surface area contributed by atoms with E-state index in [0.29, 0.717) is 13.0 Å². The van der Waals surface area contributed by atoms with E-state index in [1.54, 1.807) is 0 Å². The summed E-state index contributed by atoms with van der Waals surface area (Å²) in [5.41, 5.74) is 1.01. The van der Waals surface area contributed by atoms with Crippen molar-refractivity contribution in [3.63, 3.8) is 0 Å². The summed E-state index contributed by atoms with van der Waals surface area (Å²) in [6, 6.07) is 10.1. The van der Waals surface area contributed by atoms with Gasteiger partial charge in [-0.25, -0.2) is 0 Å². The molecule has 0 aliphatic heterocycles. The topological polar surface area (TPSA) is 26.3 Å². The van der Waals surface area contributed by atoms with Crippen LogP contribution in [0.25, 0.3) is 0 Å². The van der Waals surface area contributed by atoms with Gasteiger partial charge in [0.15, 0.2) is 0 Å². The maximum Gasteiger partial charge on any atom is 0.122 e. The van der Waals surface area contributed by atoms with Gasteiger partial charge in [0.05, 0.1) is 12.2 Å². The highest BCUT2D eigenvalue weighted by molar-refractivity contribution is 5.51. The van der Waals surface area contributed by atoms with E-state index in [0.717, 1.165) is 19.1 Å². The van der Waals surface area contributed by atoms with Gasteiger partial charge in [0.1, 0.15) is 6.29 Å². The predicted molar refractivity (Wildman–Crippen MR) is 63.1 cm³/mol. The summed E-state index contributed by atoms with van der Waals surface area (Å²) in [6.07, 6.45) is 5.96. The highest BCUT2D eigenvalue weighted by Crippen LogP contribution is 2.36. The fourth-order valence-corrected chi connectivity index (χ4v) is 2.39. The zero-order valence-electron chi connectivity index (χ0n) is 9.52. The van der Waals surface area contributed by atoms with Crippen molar-refractivity contribution in [3.05, 3.63) is 35.9 Å². The summed E-state index contributed by atoms with van der Waals surface area (Å²) in [4.78, 5) is 10.7. The number of carbonyl (C=O) groups is 1. The van der Waals surface area contributed by atoms with Crippen molar-refractivity contribution in [2.75, 3.05) is 0 Å². The van der Waals surface area contributed by atoms with E-state index < -0.39 is 0 Å². The second-order valence-corrected chi connectivity index (χ2v) is 4.54. The van der Waals surface area contributed by atoms with Gasteiger partial charge in [0.25, 0.3) is 0 Å². The Morgan fingerprint density at radius 3 is 2.50 bits per heavy atom. The van der Waals surface area contributed by atoms with Gasteiger partial charge >= 0.3 is 0 Å². The number of hydrogen-bond donors (Lipinski definition) is 0. The highest BCUT2D eigenvalue weighted by Gasteiger charge is 2.34. The zero-order chi connectivity index (χ0) is 11.3. The van der Waals surface area contributed by atoms with E-state index in [4.69, 9.17) is 4.74 Å². The molecule has 2 nitrogen and oxygen atoms in total. The molecule has 0 saturated heterocycles. The summed E-state index contributed by atoms with van der Waals surface area (Å²) >= 11 is 0. The number of benzene rings is 1. The van der Waals surface area contributed by atoms with Crippen LogP contribution in [0.4, 0.5) is 0 Å². The first-order chi connectivity index (χ1) is 7.85. The predicted octanol–water partition coefficient (Wildman–Crippen LogP) is 3.11. The summed E-state index contributed by atoms with van der Waals surface area (Å²) in [5, 5.41) is 0. The maximum absolute atomic E-state index is 10.7. The van der Waals surface area contributed by atoms with E-state index in [9.17, 15) is 4.79 Å². The minimum absolute atomic E-state index is 0.169. The molecule has 1 aliphatic carbocycles. The van der Waals surface area contributed by atoms with Crippen molar-refractivity contribution in [1.29, 1.82) is 0 Å². The van der Waals surface area contributed by atoms with Crippen LogP contribution in [0.3, 0.4) is 0 Å². The fourth-order valence-electron chi connectivity index (χ4n) is 2.39. The van der Waals surface area contributed by atoms with Crippen LogP contribution < -0.4 is 0 Å². The van der Waals surface area contributed by atoms with Gasteiger partial charge in [-0.15, -0.1) is 0 Å². The molecule has 0 bridgehead atoms. The van der Waals surface area contributed by atoms with Crippen LogP contribution in [0.15, 0.2) is 30.3 Å². The molecule has 2 rings (SSSR count). The van der Waals surface area contributed by atoms with Gasteiger partial charge in [-0.3, -0.25) is 0 Å². The second-order valence-electron chi connectivity index (χ2n) is 4.54. The van der Waals surface area contributed by atoms with E-state index in [-0.39, 0.29) is 5.60 Å². The molecule has 0 aromatic heterocycles. The molecule has 0 atom stereocenters. The lowest BCUT2D eigenvalue weighted by Gasteiger charge is -2.27. The standard InChI is InChI=1S/C14H18O2/c15-11-10-14(8-4-5-9-14)16-12-13-6-2-1-3-7-13/h1-3,6-7,11H,4-5,8-10,12H2. The molecular formula is C14H18O2. The van der Waals surface area contributed by atoms with Crippen LogP contribution in [0.2, 0.25) is 0 Å². The number of ether oxygens (including phenoxy) is 1. The molecule has 0 spiro atoms. The molecule has 1 aliphatic rings. The molecule has 0 heterocycles. The molecule has 0 radical (unpaired) electrons. The Morgan fingerprint density at radius 2 is 1.88 bits per heavy atom. The van der Waals surface area contributed by atoms with Crippen LogP contribution in [-0.4, -0.2) is 11.9 Å². The Morgan fingerprint density at radius 1 is 1.19 bits per heavy atom. The summed E-state index contributed by atoms with van der Waals surface area (Å²) in [5.74, 6) is 0. The van der Waals surface area contributed by atoms with Gasteiger partial charge in [0, 0.05) is 6.42 Å². The van der Waals surface area contributed by atoms with E-state index >= 15 is 0 Å². The van der Waals surface area contributed by atoms with Crippen LogP contribution in [-0.2, 0) is 16.1 Å². The minimum Gasteiger partial charge on any atom is -0.370 e. The molecule has 1 aromatic rings. The Kier molecular flexibility index (Phi) is 3.73. The molecule has 1 aromatic carbocycles. The van der Waals surface area contributed by atoms with Crippen molar-refractivity contribution in [2.24, 2.45) is 0 Å². The number of carbonyl (C=O) groups excluding carboxylic acids is 1. The third kappa shape index (κ3) is 2.70. The average Bonchev–Trinajstić information content (AvgIpc) is 2.78. The normalized spacial score (nSPS) is 18.5. The number of hydrogen-bond acceptors (Lipinski definition) is 2. The molecule has 0 N–H and O–H groups in total. The zero-order valence-corrected chi connectivity index (χ0v) is 9.52. The average molecular weight is 218 g/mol. The molecule has 0 amide bonds. The molecule has 0 unspecified atom stereocenters. The second kappa shape index (κ2) is 5.26. The monoisotopic (exact) mass is 218 g/mol. The molecule has 16 heavy (non-hydrogen) atoms. The molecular weight excluding hydrogens is 200 g/mol. The number of aldehydes is 1. The largest absolute Gasteiger partial charge is 0.370 e.